The minimum atomic E-state index is -1.61. The van der Waals surface area contributed by atoms with Gasteiger partial charge in [0.1, 0.15) is 24.4 Å². The number of rotatable bonds is 61. The van der Waals surface area contributed by atoms with Crippen molar-refractivity contribution in [2.75, 3.05) is 13.2 Å². The van der Waals surface area contributed by atoms with Crippen LogP contribution >= 0.6 is 0 Å². The second kappa shape index (κ2) is 57.8. The number of allylic oxidation sites excluding steroid dienone is 1. The van der Waals surface area contributed by atoms with Gasteiger partial charge in [-0.25, -0.2) is 0 Å². The zero-order chi connectivity index (χ0) is 58.2. The van der Waals surface area contributed by atoms with Gasteiger partial charge in [0.2, 0.25) is 5.91 Å². The molecule has 11 heteroatoms. The maximum atomic E-state index is 13.5. The molecule has 0 saturated carbocycles. The van der Waals surface area contributed by atoms with Crippen molar-refractivity contribution in [2.45, 2.75) is 404 Å². The summed E-state index contributed by atoms with van der Waals surface area (Å²) in [6, 6.07) is -1.02. The maximum Gasteiger partial charge on any atom is 0.306 e. The van der Waals surface area contributed by atoms with Crippen LogP contribution in [0.25, 0.3) is 0 Å². The summed E-state index contributed by atoms with van der Waals surface area (Å²) in [6.45, 7) is 5.84. The fraction of sp³-hybridized carbons (Fsp3) is 0.942. The van der Waals surface area contributed by atoms with Crippen LogP contribution in [0.2, 0.25) is 0 Å². The van der Waals surface area contributed by atoms with Crippen LogP contribution < -0.4 is 5.32 Å². The Morgan fingerprint density at radius 1 is 0.475 bits per heavy atom. The van der Waals surface area contributed by atoms with Gasteiger partial charge in [0.05, 0.1) is 25.4 Å². The Kier molecular flexibility index (Phi) is 55.2. The normalized spacial score (nSPS) is 18.7. The highest BCUT2D eigenvalue weighted by Crippen LogP contribution is 2.26. The van der Waals surface area contributed by atoms with E-state index < -0.39 is 67.4 Å². The molecule has 11 nitrogen and oxygen atoms in total. The van der Waals surface area contributed by atoms with Crippen LogP contribution in [0.5, 0.6) is 0 Å². The third kappa shape index (κ3) is 44.9. The highest BCUT2D eigenvalue weighted by molar-refractivity contribution is 5.80. The van der Waals surface area contributed by atoms with Crippen LogP contribution in [-0.4, -0.2) is 99.6 Å². The molecule has 0 aliphatic carbocycles. The molecule has 80 heavy (non-hydrogen) atoms. The van der Waals surface area contributed by atoms with E-state index in [-0.39, 0.29) is 13.0 Å². The zero-order valence-electron chi connectivity index (χ0n) is 52.7. The summed E-state index contributed by atoms with van der Waals surface area (Å²) in [4.78, 5) is 26.6. The van der Waals surface area contributed by atoms with Crippen molar-refractivity contribution in [3.63, 3.8) is 0 Å². The van der Waals surface area contributed by atoms with Gasteiger partial charge >= 0.3 is 5.97 Å². The topological polar surface area (TPSA) is 175 Å². The van der Waals surface area contributed by atoms with Crippen LogP contribution in [0.1, 0.15) is 355 Å². The van der Waals surface area contributed by atoms with Gasteiger partial charge in [0, 0.05) is 6.42 Å². The molecule has 8 unspecified atom stereocenters. The molecular formula is C69H133NO10. The van der Waals surface area contributed by atoms with E-state index in [9.17, 15) is 35.1 Å². The van der Waals surface area contributed by atoms with E-state index in [1.165, 1.54) is 250 Å². The van der Waals surface area contributed by atoms with Gasteiger partial charge in [0.25, 0.3) is 0 Å². The number of carbonyl (C=O) groups is 2. The monoisotopic (exact) mass is 1140 g/mol. The second-order valence-electron chi connectivity index (χ2n) is 24.6. The van der Waals surface area contributed by atoms with Crippen molar-refractivity contribution >= 4 is 11.9 Å². The lowest BCUT2D eigenvalue weighted by Gasteiger charge is -2.41. The smallest absolute Gasteiger partial charge is 0.306 e. The first-order valence-electron chi connectivity index (χ1n) is 35.0. The molecule has 0 aromatic heterocycles. The van der Waals surface area contributed by atoms with Gasteiger partial charge in [-0.2, -0.15) is 0 Å². The van der Waals surface area contributed by atoms with Gasteiger partial charge in [-0.1, -0.05) is 335 Å². The number of nitrogens with one attached hydrogen (secondary N) is 1. The third-order valence-corrected chi connectivity index (χ3v) is 16.9. The standard InChI is InChI=1S/C69H133NO10/c1-4-7-10-13-16-19-22-25-26-27-28-29-30-31-32-33-34-35-36-37-39-41-44-47-50-53-56-62(73)68(77)70-60(61(72)55-52-49-46-43-40-24-21-18-15-12-9-6-3)59-78-69-67(66(76)65(75)63(58-71)79-69)80-64(74)57-54-51-48-45-42-38-23-20-17-14-11-8-5-2/h52,55,60-63,65-67,69,71-73,75-76H,4-51,53-54,56-59H2,1-3H3,(H,70,77)/b55-52+. The number of aliphatic hydroxyl groups is 5. The largest absolute Gasteiger partial charge is 0.454 e. The van der Waals surface area contributed by atoms with E-state index in [0.29, 0.717) is 19.3 Å². The molecule has 474 valence electrons. The van der Waals surface area contributed by atoms with Crippen LogP contribution in [-0.2, 0) is 23.8 Å². The summed E-state index contributed by atoms with van der Waals surface area (Å²) in [7, 11) is 0. The Hall–Kier alpha value is -1.60. The third-order valence-electron chi connectivity index (χ3n) is 16.9. The predicted molar refractivity (Wildman–Crippen MR) is 334 cm³/mol. The number of unbranched alkanes of at least 4 members (excludes halogenated alkanes) is 47. The van der Waals surface area contributed by atoms with Gasteiger partial charge in [-0.05, 0) is 25.7 Å². The summed E-state index contributed by atoms with van der Waals surface area (Å²) >= 11 is 0. The van der Waals surface area contributed by atoms with E-state index in [1.54, 1.807) is 6.08 Å². The van der Waals surface area contributed by atoms with Crippen molar-refractivity contribution in [1.29, 1.82) is 0 Å². The van der Waals surface area contributed by atoms with Gasteiger partial charge in [0.15, 0.2) is 12.4 Å². The van der Waals surface area contributed by atoms with Crippen molar-refractivity contribution < 1.29 is 49.3 Å². The Bertz CT molecular complexity index is 1350. The number of hydrogen-bond acceptors (Lipinski definition) is 10. The number of carbonyl (C=O) groups excluding carboxylic acids is 2. The fourth-order valence-electron chi connectivity index (χ4n) is 11.4. The van der Waals surface area contributed by atoms with Crippen LogP contribution in [0.4, 0.5) is 0 Å². The van der Waals surface area contributed by atoms with E-state index in [4.69, 9.17) is 14.2 Å². The molecule has 6 N–H and O–H groups in total. The Morgan fingerprint density at radius 3 is 1.18 bits per heavy atom. The Labute approximate surface area is 493 Å². The lowest BCUT2D eigenvalue weighted by atomic mass is 9.99. The molecule has 1 heterocycles. The Morgan fingerprint density at radius 2 is 0.812 bits per heavy atom. The number of ether oxygens (including phenoxy) is 3. The molecule has 1 aliphatic rings. The first kappa shape index (κ1) is 76.4. The molecule has 1 aliphatic heterocycles. The highest BCUT2D eigenvalue weighted by Gasteiger charge is 2.47. The molecule has 0 radical (unpaired) electrons. The Balaban J connectivity index is 2.52. The summed E-state index contributed by atoms with van der Waals surface area (Å²) in [5.41, 5.74) is 0. The number of aliphatic hydroxyl groups excluding tert-OH is 5. The summed E-state index contributed by atoms with van der Waals surface area (Å²) in [5.74, 6) is -1.17. The van der Waals surface area contributed by atoms with Gasteiger partial charge < -0.3 is 45.1 Å². The summed E-state index contributed by atoms with van der Waals surface area (Å²) < 4.78 is 17.7. The van der Waals surface area contributed by atoms with Crippen molar-refractivity contribution in [2.24, 2.45) is 0 Å². The first-order chi connectivity index (χ1) is 39.2. The molecule has 8 atom stereocenters. The molecular weight excluding hydrogens is 1000 g/mol. The van der Waals surface area contributed by atoms with Crippen LogP contribution in [0.3, 0.4) is 0 Å². The van der Waals surface area contributed by atoms with Crippen molar-refractivity contribution in [3.8, 4) is 0 Å². The molecule has 1 fully saturated rings. The number of hydrogen-bond donors (Lipinski definition) is 6. The van der Waals surface area contributed by atoms with E-state index >= 15 is 0 Å². The molecule has 0 spiro atoms. The van der Waals surface area contributed by atoms with Crippen LogP contribution in [0.15, 0.2) is 12.2 Å². The number of esters is 1. The van der Waals surface area contributed by atoms with Gasteiger partial charge in [-0.3, -0.25) is 9.59 Å². The maximum absolute atomic E-state index is 13.5. The average molecular weight is 1140 g/mol. The molecule has 0 aromatic carbocycles. The van der Waals surface area contributed by atoms with E-state index in [0.717, 1.165) is 57.8 Å². The van der Waals surface area contributed by atoms with Crippen molar-refractivity contribution in [3.05, 3.63) is 12.2 Å². The fourth-order valence-corrected chi connectivity index (χ4v) is 11.4. The predicted octanol–water partition coefficient (Wildman–Crippen LogP) is 17.5. The molecule has 1 amide bonds. The molecule has 0 bridgehead atoms. The summed E-state index contributed by atoms with van der Waals surface area (Å²) in [5, 5.41) is 57.1. The van der Waals surface area contributed by atoms with Gasteiger partial charge in [-0.15, -0.1) is 0 Å². The molecule has 1 saturated heterocycles. The highest BCUT2D eigenvalue weighted by atomic mass is 16.7. The average Bonchev–Trinajstić information content (AvgIpc) is 3.45. The molecule has 0 aromatic rings. The lowest BCUT2D eigenvalue weighted by Crippen LogP contribution is -2.61. The summed E-state index contributed by atoms with van der Waals surface area (Å²) in [6.07, 6.45) is 57.0. The second-order valence-corrected chi connectivity index (χ2v) is 24.6. The first-order valence-corrected chi connectivity index (χ1v) is 35.0. The van der Waals surface area contributed by atoms with Crippen molar-refractivity contribution in [1.82, 2.24) is 5.32 Å². The van der Waals surface area contributed by atoms with E-state index in [1.807, 2.05) is 6.08 Å². The quantitative estimate of drug-likeness (QED) is 0.0195. The zero-order valence-corrected chi connectivity index (χ0v) is 52.7. The van der Waals surface area contributed by atoms with E-state index in [2.05, 4.69) is 26.1 Å². The van der Waals surface area contributed by atoms with Crippen LogP contribution in [0, 0.1) is 0 Å². The minimum absolute atomic E-state index is 0.131. The SMILES string of the molecule is CCCCCCCCCCCC/C=C/C(O)C(COC1OC(CO)C(O)C(O)C1OC(=O)CCCCCCCCCCCCCCC)NC(=O)C(O)CCCCCCCCCCCCCCCCCCCCCCCCCCCC. The lowest BCUT2D eigenvalue weighted by molar-refractivity contribution is -0.305. The minimum Gasteiger partial charge on any atom is -0.454 e. The number of amides is 1. The molecule has 1 rings (SSSR count).